The van der Waals surface area contributed by atoms with Crippen molar-refractivity contribution in [1.29, 1.82) is 0 Å². The van der Waals surface area contributed by atoms with Crippen LogP contribution < -0.4 is 5.32 Å². The summed E-state index contributed by atoms with van der Waals surface area (Å²) in [5.74, 6) is -1.95. The van der Waals surface area contributed by atoms with Crippen LogP contribution in [0.3, 0.4) is 0 Å². The first-order chi connectivity index (χ1) is 15.8. The van der Waals surface area contributed by atoms with Gasteiger partial charge >= 0.3 is 5.97 Å². The Labute approximate surface area is 193 Å². The van der Waals surface area contributed by atoms with Gasteiger partial charge in [0.05, 0.1) is 11.3 Å². The Bertz CT molecular complexity index is 1310. The maximum atomic E-state index is 12.8. The van der Waals surface area contributed by atoms with Crippen molar-refractivity contribution in [3.8, 4) is 0 Å². The lowest BCUT2D eigenvalue weighted by Gasteiger charge is -2.18. The SMILES string of the molecule is Cc1ccc(C(=O)CCC(=O)OCC(=O)Nc2ccc3c(c2)C(=O)c2ccccc2C3=O)s1. The minimum absolute atomic E-state index is 0.00282. The number of rotatable bonds is 7. The lowest BCUT2D eigenvalue weighted by atomic mass is 9.84. The van der Waals surface area contributed by atoms with Crippen LogP contribution in [-0.4, -0.2) is 35.8 Å². The number of fused-ring (bicyclic) bond motifs is 2. The van der Waals surface area contributed by atoms with Gasteiger partial charge in [-0.05, 0) is 37.3 Å². The number of benzene rings is 2. The van der Waals surface area contributed by atoms with Gasteiger partial charge in [-0.2, -0.15) is 0 Å². The van der Waals surface area contributed by atoms with E-state index in [4.69, 9.17) is 4.74 Å². The molecule has 7 nitrogen and oxygen atoms in total. The normalized spacial score (nSPS) is 12.0. The Morgan fingerprint density at radius 1 is 0.848 bits per heavy atom. The van der Waals surface area contributed by atoms with Crippen molar-refractivity contribution in [2.75, 3.05) is 11.9 Å². The van der Waals surface area contributed by atoms with Crippen LogP contribution in [0, 0.1) is 6.92 Å². The molecular weight excluding hydrogens is 442 g/mol. The van der Waals surface area contributed by atoms with E-state index >= 15 is 0 Å². The monoisotopic (exact) mass is 461 g/mol. The van der Waals surface area contributed by atoms with E-state index in [0.29, 0.717) is 21.7 Å². The molecule has 0 bridgehead atoms. The first-order valence-corrected chi connectivity index (χ1v) is 11.0. The standard InChI is InChI=1S/C25H19NO6S/c1-14-6-10-21(33-14)20(27)9-11-23(29)32-13-22(28)26-15-7-8-18-19(12-15)25(31)17-5-3-2-4-16(17)24(18)30/h2-8,10,12H,9,11,13H2,1H3,(H,26,28). The van der Waals surface area contributed by atoms with Crippen LogP contribution >= 0.6 is 11.3 Å². The highest BCUT2D eigenvalue weighted by atomic mass is 32.1. The van der Waals surface area contributed by atoms with Gasteiger partial charge in [0.15, 0.2) is 24.0 Å². The lowest BCUT2D eigenvalue weighted by Crippen LogP contribution is -2.23. The van der Waals surface area contributed by atoms with E-state index in [-0.39, 0.29) is 41.3 Å². The molecule has 0 spiro atoms. The first kappa shape index (κ1) is 22.3. The summed E-state index contributed by atoms with van der Waals surface area (Å²) >= 11 is 1.36. The molecule has 166 valence electrons. The predicted octanol–water partition coefficient (Wildman–Crippen LogP) is 3.98. The number of Topliss-reactive ketones (excluding diaryl/α,β-unsaturated/α-hetero) is 1. The van der Waals surface area contributed by atoms with E-state index in [9.17, 15) is 24.0 Å². The minimum atomic E-state index is -0.658. The van der Waals surface area contributed by atoms with Crippen LogP contribution in [0.25, 0.3) is 0 Å². The first-order valence-electron chi connectivity index (χ1n) is 10.2. The van der Waals surface area contributed by atoms with Crippen molar-refractivity contribution < 1.29 is 28.7 Å². The van der Waals surface area contributed by atoms with E-state index in [1.165, 1.54) is 29.5 Å². The molecule has 1 aliphatic rings. The number of ether oxygens (including phenoxy) is 1. The summed E-state index contributed by atoms with van der Waals surface area (Å²) in [7, 11) is 0. The largest absolute Gasteiger partial charge is 0.456 e. The van der Waals surface area contributed by atoms with Crippen molar-refractivity contribution in [3.63, 3.8) is 0 Å². The smallest absolute Gasteiger partial charge is 0.306 e. The van der Waals surface area contributed by atoms with Crippen molar-refractivity contribution in [2.45, 2.75) is 19.8 Å². The second kappa shape index (κ2) is 9.30. The molecular formula is C25H19NO6S. The summed E-state index contributed by atoms with van der Waals surface area (Å²) in [5.41, 5.74) is 1.45. The highest BCUT2D eigenvalue weighted by molar-refractivity contribution is 7.14. The number of anilines is 1. The van der Waals surface area contributed by atoms with Crippen LogP contribution in [0.1, 0.15) is 59.2 Å². The van der Waals surface area contributed by atoms with Crippen LogP contribution in [0.15, 0.2) is 54.6 Å². The van der Waals surface area contributed by atoms with Gasteiger partial charge in [0, 0.05) is 39.2 Å². The Morgan fingerprint density at radius 2 is 1.52 bits per heavy atom. The Balaban J connectivity index is 1.32. The molecule has 0 unspecified atom stereocenters. The highest BCUT2D eigenvalue weighted by Crippen LogP contribution is 2.29. The Kier molecular flexibility index (Phi) is 6.28. The number of esters is 1. The second-order valence-corrected chi connectivity index (χ2v) is 8.79. The maximum absolute atomic E-state index is 12.8. The predicted molar refractivity (Wildman–Crippen MR) is 122 cm³/mol. The fourth-order valence-corrected chi connectivity index (χ4v) is 4.35. The summed E-state index contributed by atoms with van der Waals surface area (Å²) in [6, 6.07) is 14.6. The molecule has 0 aliphatic heterocycles. The molecule has 33 heavy (non-hydrogen) atoms. The molecule has 3 aromatic rings. The molecule has 1 heterocycles. The number of nitrogens with one attached hydrogen (secondary N) is 1. The molecule has 1 aliphatic carbocycles. The van der Waals surface area contributed by atoms with Crippen molar-refractivity contribution in [2.24, 2.45) is 0 Å². The molecule has 4 rings (SSSR count). The van der Waals surface area contributed by atoms with Gasteiger partial charge in [0.2, 0.25) is 0 Å². The minimum Gasteiger partial charge on any atom is -0.456 e. The van der Waals surface area contributed by atoms with Gasteiger partial charge in [-0.1, -0.05) is 24.3 Å². The van der Waals surface area contributed by atoms with Gasteiger partial charge in [-0.15, -0.1) is 11.3 Å². The van der Waals surface area contributed by atoms with Crippen LogP contribution in [-0.2, 0) is 14.3 Å². The van der Waals surface area contributed by atoms with Gasteiger partial charge in [0.1, 0.15) is 0 Å². The number of hydrogen-bond acceptors (Lipinski definition) is 7. The molecule has 0 radical (unpaired) electrons. The summed E-state index contributed by atoms with van der Waals surface area (Å²) in [5, 5.41) is 2.56. The van der Waals surface area contributed by atoms with Gasteiger partial charge in [-0.3, -0.25) is 24.0 Å². The van der Waals surface area contributed by atoms with E-state index in [0.717, 1.165) is 4.88 Å². The third-order valence-electron chi connectivity index (χ3n) is 5.14. The zero-order valence-corrected chi connectivity index (χ0v) is 18.5. The molecule has 1 amide bonds. The Morgan fingerprint density at radius 3 is 2.18 bits per heavy atom. The van der Waals surface area contributed by atoms with Crippen molar-refractivity contribution >= 4 is 46.3 Å². The molecule has 1 N–H and O–H groups in total. The zero-order valence-electron chi connectivity index (χ0n) is 17.7. The molecule has 1 aromatic heterocycles. The molecule has 0 saturated heterocycles. The van der Waals surface area contributed by atoms with Crippen molar-refractivity contribution in [1.82, 2.24) is 0 Å². The van der Waals surface area contributed by atoms with E-state index in [1.807, 2.05) is 13.0 Å². The lowest BCUT2D eigenvalue weighted by molar-refractivity contribution is -0.147. The Hall–Kier alpha value is -3.91. The number of aryl methyl sites for hydroxylation is 1. The van der Waals surface area contributed by atoms with Crippen LogP contribution in [0.2, 0.25) is 0 Å². The number of carbonyl (C=O) groups excluding carboxylic acids is 5. The summed E-state index contributed by atoms with van der Waals surface area (Å²) in [6.45, 7) is 1.36. The topological polar surface area (TPSA) is 107 Å². The van der Waals surface area contributed by atoms with E-state index < -0.39 is 18.5 Å². The van der Waals surface area contributed by atoms with Gasteiger partial charge in [0.25, 0.3) is 5.91 Å². The summed E-state index contributed by atoms with van der Waals surface area (Å²) in [6.07, 6.45) is -0.124. The molecule has 0 saturated carbocycles. The van der Waals surface area contributed by atoms with Gasteiger partial charge < -0.3 is 10.1 Å². The molecule has 8 heteroatoms. The average molecular weight is 461 g/mol. The van der Waals surface area contributed by atoms with Gasteiger partial charge in [-0.25, -0.2) is 0 Å². The number of hydrogen-bond donors (Lipinski definition) is 1. The summed E-state index contributed by atoms with van der Waals surface area (Å²) in [4.78, 5) is 63.2. The molecule has 2 aromatic carbocycles. The number of ketones is 3. The fraction of sp³-hybridized carbons (Fsp3) is 0.160. The third kappa shape index (κ3) is 4.80. The average Bonchev–Trinajstić information content (AvgIpc) is 3.26. The van der Waals surface area contributed by atoms with Crippen molar-refractivity contribution in [3.05, 3.63) is 86.6 Å². The maximum Gasteiger partial charge on any atom is 0.306 e. The van der Waals surface area contributed by atoms with E-state index in [1.54, 1.807) is 30.3 Å². The van der Waals surface area contributed by atoms with E-state index in [2.05, 4.69) is 5.32 Å². The number of thiophene rings is 1. The number of carbonyl (C=O) groups is 5. The molecule has 0 atom stereocenters. The molecule has 0 fully saturated rings. The number of amides is 1. The summed E-state index contributed by atoms with van der Waals surface area (Å²) < 4.78 is 4.94. The third-order valence-corrected chi connectivity index (χ3v) is 6.19. The quantitative estimate of drug-likeness (QED) is 0.330. The van der Waals surface area contributed by atoms with Crippen LogP contribution in [0.4, 0.5) is 5.69 Å². The zero-order chi connectivity index (χ0) is 23.5. The second-order valence-electron chi connectivity index (χ2n) is 7.51. The fourth-order valence-electron chi connectivity index (χ4n) is 3.52. The van der Waals surface area contributed by atoms with Crippen LogP contribution in [0.5, 0.6) is 0 Å². The highest BCUT2D eigenvalue weighted by Gasteiger charge is 2.29.